The maximum Gasteiger partial charge on any atom is 0.267 e. The molecule has 0 N–H and O–H groups in total. The van der Waals surface area contributed by atoms with Crippen molar-refractivity contribution < 1.29 is 9.53 Å². The van der Waals surface area contributed by atoms with Crippen LogP contribution in [-0.2, 0) is 9.53 Å². The van der Waals surface area contributed by atoms with E-state index < -0.39 is 0 Å². The topological polar surface area (TPSA) is 67.2 Å². The van der Waals surface area contributed by atoms with Gasteiger partial charge in [0.25, 0.3) is 11.5 Å². The van der Waals surface area contributed by atoms with Crippen LogP contribution in [0.4, 0.5) is 5.82 Å². The number of carbonyl (C=O) groups is 1. The first-order valence-electron chi connectivity index (χ1n) is 10.1. The van der Waals surface area contributed by atoms with E-state index in [-0.39, 0.29) is 11.5 Å². The summed E-state index contributed by atoms with van der Waals surface area (Å²) < 4.78 is 7.54. The van der Waals surface area contributed by atoms with Gasteiger partial charge < -0.3 is 9.64 Å². The van der Waals surface area contributed by atoms with E-state index in [1.807, 2.05) is 19.1 Å². The number of carbonyl (C=O) groups excluding carboxylic acids is 1. The second kappa shape index (κ2) is 8.87. The minimum absolute atomic E-state index is 0.139. The van der Waals surface area contributed by atoms with Gasteiger partial charge >= 0.3 is 0 Å². The Labute approximate surface area is 184 Å². The Kier molecular flexibility index (Phi) is 6.21. The molecule has 0 unspecified atom stereocenters. The van der Waals surface area contributed by atoms with Crippen molar-refractivity contribution in [3.8, 4) is 0 Å². The summed E-state index contributed by atoms with van der Waals surface area (Å²) >= 11 is 6.66. The molecule has 2 aromatic rings. The summed E-state index contributed by atoms with van der Waals surface area (Å²) in [5.41, 5.74) is 1.77. The molecule has 30 heavy (non-hydrogen) atoms. The zero-order valence-corrected chi connectivity index (χ0v) is 18.7. The number of morpholine rings is 1. The fourth-order valence-electron chi connectivity index (χ4n) is 3.53. The lowest BCUT2D eigenvalue weighted by molar-refractivity contribution is -0.122. The molecule has 2 aliphatic rings. The van der Waals surface area contributed by atoms with Crippen molar-refractivity contribution in [1.82, 2.24) is 14.3 Å². The number of anilines is 1. The molecule has 0 atom stereocenters. The van der Waals surface area contributed by atoms with Gasteiger partial charge in [0.05, 0.1) is 23.7 Å². The molecule has 1 amide bonds. The number of amides is 1. The highest BCUT2D eigenvalue weighted by Crippen LogP contribution is 2.33. The smallest absolute Gasteiger partial charge is 0.267 e. The number of fused-ring (bicyclic) bond motifs is 1. The second-order valence-electron chi connectivity index (χ2n) is 7.38. The average Bonchev–Trinajstić information content (AvgIpc) is 3.02. The predicted molar refractivity (Wildman–Crippen MR) is 124 cm³/mol. The SMILES string of the molecule is CCCCN1C(=O)/C(=C/c2c(N3CCOCC3)nc3ccc(C)cn3c2=O)SC1=S. The third-order valence-electron chi connectivity index (χ3n) is 5.18. The molecule has 2 aliphatic heterocycles. The molecule has 0 bridgehead atoms. The molecule has 0 saturated carbocycles. The normalized spacial score (nSPS) is 18.8. The fraction of sp³-hybridized carbons (Fsp3) is 0.429. The number of ether oxygens (including phenoxy) is 1. The molecule has 0 spiro atoms. The standard InChI is InChI=1S/C21H24N4O3S2/c1-3-4-7-24-20(27)16(30-21(24)29)12-15-18(23-8-10-28-11-9-23)22-17-6-5-14(2)13-25(17)19(15)26/h5-6,12-13H,3-4,7-11H2,1-2H3/b16-12-. The van der Waals surface area contributed by atoms with E-state index in [1.54, 1.807) is 21.6 Å². The third-order valence-corrected chi connectivity index (χ3v) is 6.56. The van der Waals surface area contributed by atoms with Gasteiger partial charge in [-0.2, -0.15) is 0 Å². The first-order chi connectivity index (χ1) is 14.5. The number of aromatic nitrogens is 2. The summed E-state index contributed by atoms with van der Waals surface area (Å²) in [4.78, 5) is 35.3. The molecule has 4 heterocycles. The number of nitrogens with zero attached hydrogens (tertiary/aromatic N) is 4. The molecule has 158 valence electrons. The van der Waals surface area contributed by atoms with Crippen molar-refractivity contribution in [3.05, 3.63) is 44.7 Å². The first kappa shape index (κ1) is 21.0. The quantitative estimate of drug-likeness (QED) is 0.519. The first-order valence-corrected chi connectivity index (χ1v) is 11.3. The van der Waals surface area contributed by atoms with Crippen LogP contribution in [0.25, 0.3) is 11.7 Å². The Bertz CT molecular complexity index is 1090. The van der Waals surface area contributed by atoms with Gasteiger partial charge in [-0.15, -0.1) is 0 Å². The van der Waals surface area contributed by atoms with Gasteiger partial charge in [-0.1, -0.05) is 43.4 Å². The second-order valence-corrected chi connectivity index (χ2v) is 9.05. The zero-order valence-electron chi connectivity index (χ0n) is 17.1. The van der Waals surface area contributed by atoms with E-state index in [0.29, 0.717) is 59.1 Å². The van der Waals surface area contributed by atoms with Crippen LogP contribution in [0, 0.1) is 6.92 Å². The largest absolute Gasteiger partial charge is 0.378 e. The van der Waals surface area contributed by atoms with Crippen molar-refractivity contribution >= 4 is 51.7 Å². The molecule has 2 saturated heterocycles. The number of unbranched alkanes of at least 4 members (excludes halogenated alkanes) is 1. The highest BCUT2D eigenvalue weighted by molar-refractivity contribution is 8.26. The van der Waals surface area contributed by atoms with Crippen LogP contribution in [0.5, 0.6) is 0 Å². The van der Waals surface area contributed by atoms with E-state index in [9.17, 15) is 9.59 Å². The van der Waals surface area contributed by atoms with Gasteiger partial charge in [-0.3, -0.25) is 18.9 Å². The Balaban J connectivity index is 1.83. The Morgan fingerprint density at radius 3 is 2.77 bits per heavy atom. The zero-order chi connectivity index (χ0) is 21.3. The molecule has 9 heteroatoms. The minimum atomic E-state index is -0.191. The third kappa shape index (κ3) is 4.01. The summed E-state index contributed by atoms with van der Waals surface area (Å²) in [5.74, 6) is 0.450. The van der Waals surface area contributed by atoms with Crippen LogP contribution in [0.15, 0.2) is 28.0 Å². The van der Waals surface area contributed by atoms with Crippen LogP contribution < -0.4 is 10.5 Å². The van der Waals surface area contributed by atoms with Crippen molar-refractivity contribution in [2.24, 2.45) is 0 Å². The fourth-order valence-corrected chi connectivity index (χ4v) is 4.82. The minimum Gasteiger partial charge on any atom is -0.378 e. The van der Waals surface area contributed by atoms with Gasteiger partial charge in [0.15, 0.2) is 0 Å². The molecule has 4 rings (SSSR count). The number of thioether (sulfide) groups is 1. The number of aryl methyl sites for hydroxylation is 1. The number of hydrogen-bond acceptors (Lipinski definition) is 7. The van der Waals surface area contributed by atoms with Crippen LogP contribution in [-0.4, -0.2) is 57.4 Å². The van der Waals surface area contributed by atoms with Crippen LogP contribution in [0.1, 0.15) is 30.9 Å². The summed E-state index contributed by atoms with van der Waals surface area (Å²) in [6.07, 6.45) is 5.31. The maximum atomic E-state index is 13.4. The lowest BCUT2D eigenvalue weighted by atomic mass is 10.2. The van der Waals surface area contributed by atoms with E-state index in [0.717, 1.165) is 18.4 Å². The molecule has 2 fully saturated rings. The highest BCUT2D eigenvalue weighted by Gasteiger charge is 2.32. The summed E-state index contributed by atoms with van der Waals surface area (Å²) in [6.45, 7) is 7.05. The van der Waals surface area contributed by atoms with Crippen LogP contribution in [0.3, 0.4) is 0 Å². The number of rotatable bonds is 5. The van der Waals surface area contributed by atoms with Crippen molar-refractivity contribution in [2.45, 2.75) is 26.7 Å². The summed E-state index contributed by atoms with van der Waals surface area (Å²) in [5, 5.41) is 0. The summed E-state index contributed by atoms with van der Waals surface area (Å²) in [6, 6.07) is 3.78. The summed E-state index contributed by atoms with van der Waals surface area (Å²) in [7, 11) is 0. The van der Waals surface area contributed by atoms with Gasteiger partial charge in [0.1, 0.15) is 15.8 Å². The molecular formula is C21H24N4O3S2. The Morgan fingerprint density at radius 1 is 1.27 bits per heavy atom. The molecule has 0 aliphatic carbocycles. The van der Waals surface area contributed by atoms with Crippen LogP contribution in [0.2, 0.25) is 0 Å². The number of hydrogen-bond donors (Lipinski definition) is 0. The molecule has 2 aromatic heterocycles. The van der Waals surface area contributed by atoms with Gasteiger partial charge in [-0.25, -0.2) is 4.98 Å². The lowest BCUT2D eigenvalue weighted by Gasteiger charge is -2.29. The Morgan fingerprint density at radius 2 is 2.03 bits per heavy atom. The highest BCUT2D eigenvalue weighted by atomic mass is 32.2. The Hall–Kier alpha value is -2.23. The molecular weight excluding hydrogens is 420 g/mol. The maximum absolute atomic E-state index is 13.4. The van der Waals surface area contributed by atoms with Crippen molar-refractivity contribution in [3.63, 3.8) is 0 Å². The van der Waals surface area contributed by atoms with E-state index in [1.165, 1.54) is 11.8 Å². The number of pyridine rings is 1. The lowest BCUT2D eigenvalue weighted by Crippen LogP contribution is -2.38. The molecule has 0 aromatic carbocycles. The van der Waals surface area contributed by atoms with Crippen molar-refractivity contribution in [1.29, 1.82) is 0 Å². The molecule has 7 nitrogen and oxygen atoms in total. The van der Waals surface area contributed by atoms with Gasteiger partial charge in [0, 0.05) is 25.8 Å². The van der Waals surface area contributed by atoms with Gasteiger partial charge in [0.2, 0.25) is 0 Å². The van der Waals surface area contributed by atoms with E-state index in [4.69, 9.17) is 21.9 Å². The molecule has 0 radical (unpaired) electrons. The van der Waals surface area contributed by atoms with Gasteiger partial charge in [-0.05, 0) is 31.1 Å². The monoisotopic (exact) mass is 444 g/mol. The van der Waals surface area contributed by atoms with Crippen LogP contribution >= 0.6 is 24.0 Å². The van der Waals surface area contributed by atoms with E-state index >= 15 is 0 Å². The average molecular weight is 445 g/mol. The predicted octanol–water partition coefficient (Wildman–Crippen LogP) is 2.84. The van der Waals surface area contributed by atoms with Crippen molar-refractivity contribution in [2.75, 3.05) is 37.7 Å². The van der Waals surface area contributed by atoms with E-state index in [2.05, 4.69) is 11.8 Å². The number of thiocarbonyl (C=S) groups is 1.